The van der Waals surface area contributed by atoms with Gasteiger partial charge in [0.2, 0.25) is 0 Å². The topological polar surface area (TPSA) is 55.4 Å². The van der Waals surface area contributed by atoms with Crippen LogP contribution in [0.5, 0.6) is 0 Å². The SMILES string of the molecule is CCOC(=O)[C@H](CCCCc1ccccc1)[C@H](CCc1ccccc1)NC(=O)c1ccccc1. The lowest BCUT2D eigenvalue weighted by Gasteiger charge is -2.27. The molecule has 0 spiro atoms. The smallest absolute Gasteiger partial charge is 0.311 e. The van der Waals surface area contributed by atoms with Gasteiger partial charge in [-0.25, -0.2) is 0 Å². The number of carbonyl (C=O) groups excluding carboxylic acids is 2. The predicted octanol–water partition coefficient (Wildman–Crippen LogP) is 6.01. The lowest BCUT2D eigenvalue weighted by molar-refractivity contribution is -0.149. The van der Waals surface area contributed by atoms with Crippen LogP contribution in [-0.2, 0) is 22.4 Å². The Bertz CT molecular complexity index is 989. The van der Waals surface area contributed by atoms with Gasteiger partial charge in [0.05, 0.1) is 12.5 Å². The van der Waals surface area contributed by atoms with Gasteiger partial charge in [-0.05, 0) is 62.3 Å². The first-order valence-electron chi connectivity index (χ1n) is 12.3. The molecule has 1 amide bonds. The molecule has 4 heteroatoms. The quantitative estimate of drug-likeness (QED) is 0.253. The molecule has 0 aliphatic rings. The fraction of sp³-hybridized carbons (Fsp3) is 0.333. The summed E-state index contributed by atoms with van der Waals surface area (Å²) in [6.07, 6.45) is 4.98. The minimum atomic E-state index is -0.382. The van der Waals surface area contributed by atoms with E-state index in [1.54, 1.807) is 12.1 Å². The van der Waals surface area contributed by atoms with Crippen molar-refractivity contribution in [1.29, 1.82) is 0 Å². The van der Waals surface area contributed by atoms with Crippen LogP contribution >= 0.6 is 0 Å². The summed E-state index contributed by atoms with van der Waals surface area (Å²) in [6, 6.07) is 29.4. The second-order valence-electron chi connectivity index (χ2n) is 8.56. The maximum Gasteiger partial charge on any atom is 0.311 e. The van der Waals surface area contributed by atoms with E-state index in [2.05, 4.69) is 41.7 Å². The summed E-state index contributed by atoms with van der Waals surface area (Å²) in [5.41, 5.74) is 3.08. The number of hydrogen-bond donors (Lipinski definition) is 1. The number of benzene rings is 3. The number of amides is 1. The van der Waals surface area contributed by atoms with Gasteiger partial charge in [0, 0.05) is 11.6 Å². The van der Waals surface area contributed by atoms with E-state index in [1.165, 1.54) is 11.1 Å². The highest BCUT2D eigenvalue weighted by Gasteiger charge is 2.30. The van der Waals surface area contributed by atoms with Gasteiger partial charge in [0.15, 0.2) is 0 Å². The third kappa shape index (κ3) is 8.18. The number of nitrogens with one attached hydrogen (secondary N) is 1. The van der Waals surface area contributed by atoms with E-state index in [0.29, 0.717) is 25.0 Å². The molecule has 0 aromatic heterocycles. The van der Waals surface area contributed by atoms with Crippen molar-refractivity contribution in [2.24, 2.45) is 5.92 Å². The largest absolute Gasteiger partial charge is 0.466 e. The number of unbranched alkanes of at least 4 members (excludes halogenated alkanes) is 1. The van der Waals surface area contributed by atoms with Gasteiger partial charge >= 0.3 is 5.97 Å². The molecule has 0 heterocycles. The minimum Gasteiger partial charge on any atom is -0.466 e. The van der Waals surface area contributed by atoms with Crippen molar-refractivity contribution in [1.82, 2.24) is 5.32 Å². The number of aryl methyl sites for hydroxylation is 2. The van der Waals surface area contributed by atoms with Gasteiger partial charge in [-0.3, -0.25) is 9.59 Å². The number of rotatable bonds is 13. The van der Waals surface area contributed by atoms with Crippen LogP contribution in [0.3, 0.4) is 0 Å². The molecule has 34 heavy (non-hydrogen) atoms. The summed E-state index contributed by atoms with van der Waals surface area (Å²) in [4.78, 5) is 26.0. The molecule has 1 N–H and O–H groups in total. The Morgan fingerprint density at radius 1 is 0.735 bits per heavy atom. The molecule has 3 aromatic rings. The average molecular weight is 458 g/mol. The van der Waals surface area contributed by atoms with Crippen LogP contribution in [0, 0.1) is 5.92 Å². The maximum absolute atomic E-state index is 13.0. The third-order valence-corrected chi connectivity index (χ3v) is 6.09. The normalized spacial score (nSPS) is 12.5. The van der Waals surface area contributed by atoms with Gasteiger partial charge < -0.3 is 10.1 Å². The Morgan fingerprint density at radius 3 is 1.88 bits per heavy atom. The van der Waals surface area contributed by atoms with Crippen LogP contribution in [-0.4, -0.2) is 24.5 Å². The second kappa shape index (κ2) is 14.0. The summed E-state index contributed by atoms with van der Waals surface area (Å²) < 4.78 is 5.45. The Hall–Kier alpha value is -3.40. The van der Waals surface area contributed by atoms with Gasteiger partial charge in [0.25, 0.3) is 5.91 Å². The number of ether oxygens (including phenoxy) is 1. The van der Waals surface area contributed by atoms with Crippen LogP contribution < -0.4 is 5.32 Å². The van der Waals surface area contributed by atoms with Gasteiger partial charge in [-0.2, -0.15) is 0 Å². The Morgan fingerprint density at radius 2 is 1.29 bits per heavy atom. The molecule has 0 fully saturated rings. The molecule has 0 radical (unpaired) electrons. The zero-order chi connectivity index (χ0) is 24.0. The van der Waals surface area contributed by atoms with Crippen molar-refractivity contribution in [2.75, 3.05) is 6.61 Å². The summed E-state index contributed by atoms with van der Waals surface area (Å²) in [6.45, 7) is 2.16. The van der Waals surface area contributed by atoms with E-state index in [4.69, 9.17) is 4.74 Å². The van der Waals surface area contributed by atoms with Crippen molar-refractivity contribution in [3.63, 3.8) is 0 Å². The molecular formula is C30H35NO3. The monoisotopic (exact) mass is 457 g/mol. The molecule has 4 nitrogen and oxygen atoms in total. The van der Waals surface area contributed by atoms with Crippen molar-refractivity contribution < 1.29 is 14.3 Å². The first-order valence-corrected chi connectivity index (χ1v) is 12.3. The summed E-state index contributed by atoms with van der Waals surface area (Å²) in [5.74, 6) is -0.766. The second-order valence-corrected chi connectivity index (χ2v) is 8.56. The zero-order valence-corrected chi connectivity index (χ0v) is 20.0. The Balaban J connectivity index is 1.71. The number of esters is 1. The number of carbonyl (C=O) groups is 2. The van der Waals surface area contributed by atoms with Crippen LogP contribution in [0.4, 0.5) is 0 Å². The highest BCUT2D eigenvalue weighted by Crippen LogP contribution is 2.21. The average Bonchev–Trinajstić information content (AvgIpc) is 2.88. The molecule has 3 rings (SSSR count). The van der Waals surface area contributed by atoms with E-state index < -0.39 is 0 Å². The fourth-order valence-corrected chi connectivity index (χ4v) is 4.25. The van der Waals surface area contributed by atoms with Crippen LogP contribution in [0.2, 0.25) is 0 Å². The van der Waals surface area contributed by atoms with E-state index in [0.717, 1.165) is 25.7 Å². The Labute approximate surface area is 203 Å². The maximum atomic E-state index is 13.0. The molecule has 0 saturated heterocycles. The molecule has 0 unspecified atom stereocenters. The fourth-order valence-electron chi connectivity index (χ4n) is 4.25. The lowest BCUT2D eigenvalue weighted by Crippen LogP contribution is -2.44. The van der Waals surface area contributed by atoms with Gasteiger partial charge in [-0.1, -0.05) is 85.3 Å². The molecule has 3 aromatic carbocycles. The molecule has 0 saturated carbocycles. The predicted molar refractivity (Wildman–Crippen MR) is 137 cm³/mol. The van der Waals surface area contributed by atoms with Crippen LogP contribution in [0.25, 0.3) is 0 Å². The standard InChI is InChI=1S/C30H35NO3/c1-2-34-30(33)27(21-13-12-18-24-14-6-3-7-15-24)28(23-22-25-16-8-4-9-17-25)31-29(32)26-19-10-5-11-20-26/h3-11,14-17,19-20,27-28H,2,12-13,18,21-23H2,1H3,(H,31,32)/t27-,28+/m1/s1. The zero-order valence-electron chi connectivity index (χ0n) is 20.0. The molecule has 0 aliphatic carbocycles. The van der Waals surface area contributed by atoms with Crippen LogP contribution in [0.1, 0.15) is 54.1 Å². The van der Waals surface area contributed by atoms with Crippen molar-refractivity contribution in [3.8, 4) is 0 Å². The summed E-state index contributed by atoms with van der Waals surface area (Å²) in [5, 5.41) is 3.16. The number of hydrogen-bond acceptors (Lipinski definition) is 3. The van der Waals surface area contributed by atoms with Crippen molar-refractivity contribution >= 4 is 11.9 Å². The third-order valence-electron chi connectivity index (χ3n) is 6.09. The molecule has 2 atom stereocenters. The molecule has 178 valence electrons. The minimum absolute atomic E-state index is 0.155. The van der Waals surface area contributed by atoms with E-state index >= 15 is 0 Å². The van der Waals surface area contributed by atoms with E-state index in [9.17, 15) is 9.59 Å². The van der Waals surface area contributed by atoms with Gasteiger partial charge in [-0.15, -0.1) is 0 Å². The summed E-state index contributed by atoms with van der Waals surface area (Å²) >= 11 is 0. The first kappa shape index (κ1) is 25.2. The highest BCUT2D eigenvalue weighted by molar-refractivity contribution is 5.94. The molecular weight excluding hydrogens is 422 g/mol. The summed E-state index contributed by atoms with van der Waals surface area (Å²) in [7, 11) is 0. The highest BCUT2D eigenvalue weighted by atomic mass is 16.5. The lowest BCUT2D eigenvalue weighted by atomic mass is 9.88. The van der Waals surface area contributed by atoms with Gasteiger partial charge in [0.1, 0.15) is 0 Å². The molecule has 0 aliphatic heterocycles. The van der Waals surface area contributed by atoms with Crippen molar-refractivity contribution in [3.05, 3.63) is 108 Å². The Kier molecular flexibility index (Phi) is 10.4. The van der Waals surface area contributed by atoms with Crippen LogP contribution in [0.15, 0.2) is 91.0 Å². The van der Waals surface area contributed by atoms with Crippen molar-refractivity contribution in [2.45, 2.75) is 51.5 Å². The van der Waals surface area contributed by atoms with E-state index in [-0.39, 0.29) is 23.8 Å². The molecule has 0 bridgehead atoms. The van der Waals surface area contributed by atoms with E-state index in [1.807, 2.05) is 49.4 Å². The first-order chi connectivity index (χ1) is 16.7.